The van der Waals surface area contributed by atoms with Crippen LogP contribution in [0.5, 0.6) is 0 Å². The number of aryl methyl sites for hydroxylation is 2. The van der Waals surface area contributed by atoms with Crippen LogP contribution in [0.15, 0.2) is 41.4 Å². The zero-order chi connectivity index (χ0) is 29.9. The van der Waals surface area contributed by atoms with Gasteiger partial charge in [0.25, 0.3) is 0 Å². The average Bonchev–Trinajstić information content (AvgIpc) is 3.40. The van der Waals surface area contributed by atoms with Gasteiger partial charge in [0, 0.05) is 30.3 Å². The van der Waals surface area contributed by atoms with Gasteiger partial charge in [0.2, 0.25) is 11.8 Å². The molecule has 14 heteroatoms. The molecule has 2 aliphatic rings. The van der Waals surface area contributed by atoms with Crippen molar-refractivity contribution in [1.82, 2.24) is 34.6 Å². The number of carbonyl (C=O) groups is 4. The van der Waals surface area contributed by atoms with E-state index < -0.39 is 35.3 Å². The third kappa shape index (κ3) is 4.61. The monoisotopic (exact) mass is 632 g/mol. The molecular formula is C28H25BrN8O5. The number of halogens is 1. The number of hydrogen-bond acceptors (Lipinski definition) is 9. The van der Waals surface area contributed by atoms with Gasteiger partial charge < -0.3 is 15.3 Å². The van der Waals surface area contributed by atoms with Crippen molar-refractivity contribution in [2.24, 2.45) is 5.41 Å². The number of carboxylic acids is 1. The van der Waals surface area contributed by atoms with Gasteiger partial charge in [0.1, 0.15) is 34.5 Å². The summed E-state index contributed by atoms with van der Waals surface area (Å²) in [5, 5.41) is 17.6. The second-order valence-electron chi connectivity index (χ2n) is 10.7. The van der Waals surface area contributed by atoms with Gasteiger partial charge in [0.05, 0.1) is 28.9 Å². The number of aromatic nitrogens is 6. The number of piperidine rings is 1. The second kappa shape index (κ2) is 10.0. The molecule has 4 aromatic heterocycles. The minimum absolute atomic E-state index is 0.0142. The first-order valence-corrected chi connectivity index (χ1v) is 13.9. The standard InChI is InChI=1S/C28H25BrN8O5/c1-13-4-5-22(29)33-25(13)34-26(40)19-7-28(27(41)42)8-21(28)37(19)23(39)12-36-20-11-32-18(16-9-30-15(3)31-10-16)6-17(20)24(35-36)14(2)38/h4-6,9-11,19,21H,7-8,12H2,1-3H3,(H,41,42)(H,33,34,40)/t19-,21+,28+/m0/s1. The van der Waals surface area contributed by atoms with Gasteiger partial charge in [-0.3, -0.25) is 28.8 Å². The molecule has 6 rings (SSSR count). The molecule has 214 valence electrons. The Bertz CT molecular complexity index is 1810. The summed E-state index contributed by atoms with van der Waals surface area (Å²) in [6, 6.07) is 3.56. The van der Waals surface area contributed by atoms with E-state index in [1.54, 1.807) is 44.4 Å². The Morgan fingerprint density at radius 3 is 2.52 bits per heavy atom. The Labute approximate surface area is 247 Å². The molecule has 0 bridgehead atoms. The van der Waals surface area contributed by atoms with Crippen LogP contribution in [0.3, 0.4) is 0 Å². The van der Waals surface area contributed by atoms with Gasteiger partial charge in [-0.1, -0.05) is 6.07 Å². The van der Waals surface area contributed by atoms with E-state index in [9.17, 15) is 24.3 Å². The van der Waals surface area contributed by atoms with E-state index in [0.717, 1.165) is 0 Å². The lowest BCUT2D eigenvalue weighted by Gasteiger charge is -2.27. The fourth-order valence-corrected chi connectivity index (χ4v) is 5.90. The first-order chi connectivity index (χ1) is 20.0. The highest BCUT2D eigenvalue weighted by molar-refractivity contribution is 9.10. The van der Waals surface area contributed by atoms with E-state index in [0.29, 0.717) is 44.0 Å². The number of Topliss-reactive ketones (excluding diaryl/α,β-unsaturated/α-hetero) is 1. The lowest BCUT2D eigenvalue weighted by atomic mass is 9.99. The predicted octanol–water partition coefficient (Wildman–Crippen LogP) is 2.95. The van der Waals surface area contributed by atoms with Gasteiger partial charge in [-0.05, 0) is 60.3 Å². The maximum Gasteiger partial charge on any atom is 0.311 e. The van der Waals surface area contributed by atoms with Crippen molar-refractivity contribution in [2.45, 2.75) is 52.2 Å². The number of anilines is 1. The number of fused-ring (bicyclic) bond motifs is 2. The van der Waals surface area contributed by atoms with E-state index in [2.05, 4.69) is 46.3 Å². The molecule has 0 radical (unpaired) electrons. The zero-order valence-electron chi connectivity index (χ0n) is 22.8. The number of ketones is 1. The van der Waals surface area contributed by atoms with Crippen molar-refractivity contribution in [3.63, 3.8) is 0 Å². The number of carboxylic acid groups (broad SMARTS) is 1. The van der Waals surface area contributed by atoms with Gasteiger partial charge in [0.15, 0.2) is 5.78 Å². The first kappa shape index (κ1) is 27.6. The van der Waals surface area contributed by atoms with Crippen molar-refractivity contribution in [3.05, 3.63) is 58.5 Å². The molecule has 1 aliphatic carbocycles. The van der Waals surface area contributed by atoms with Crippen LogP contribution in [0.2, 0.25) is 0 Å². The number of nitrogens with zero attached hydrogens (tertiary/aromatic N) is 7. The fraction of sp³-hybridized carbons (Fsp3) is 0.321. The van der Waals surface area contributed by atoms with Gasteiger partial charge in [-0.25, -0.2) is 15.0 Å². The van der Waals surface area contributed by atoms with Crippen molar-refractivity contribution in [3.8, 4) is 11.3 Å². The Morgan fingerprint density at radius 1 is 1.10 bits per heavy atom. The number of amides is 2. The molecule has 0 aromatic carbocycles. The summed E-state index contributed by atoms with van der Waals surface area (Å²) in [4.78, 5) is 70.4. The predicted molar refractivity (Wildman–Crippen MR) is 152 cm³/mol. The van der Waals surface area contributed by atoms with Gasteiger partial charge in [-0.2, -0.15) is 5.10 Å². The second-order valence-corrected chi connectivity index (χ2v) is 11.5. The van der Waals surface area contributed by atoms with Crippen LogP contribution < -0.4 is 5.32 Å². The minimum atomic E-state index is -1.18. The highest BCUT2D eigenvalue weighted by atomic mass is 79.9. The van der Waals surface area contributed by atoms with Crippen LogP contribution in [-0.4, -0.2) is 75.4 Å². The number of rotatable bonds is 7. The molecule has 0 spiro atoms. The first-order valence-electron chi connectivity index (χ1n) is 13.1. The average molecular weight is 633 g/mol. The molecular weight excluding hydrogens is 608 g/mol. The summed E-state index contributed by atoms with van der Waals surface area (Å²) >= 11 is 3.29. The summed E-state index contributed by atoms with van der Waals surface area (Å²) < 4.78 is 1.89. The van der Waals surface area contributed by atoms with Crippen LogP contribution >= 0.6 is 15.9 Å². The molecule has 42 heavy (non-hydrogen) atoms. The lowest BCUT2D eigenvalue weighted by molar-refractivity contribution is -0.143. The van der Waals surface area contributed by atoms with E-state index in [1.165, 1.54) is 22.7 Å². The summed E-state index contributed by atoms with van der Waals surface area (Å²) in [7, 11) is 0. The summed E-state index contributed by atoms with van der Waals surface area (Å²) in [6.45, 7) is 4.62. The summed E-state index contributed by atoms with van der Waals surface area (Å²) in [5.74, 6) is -1.43. The van der Waals surface area contributed by atoms with Gasteiger partial charge >= 0.3 is 5.97 Å². The third-order valence-electron chi connectivity index (χ3n) is 7.92. The summed E-state index contributed by atoms with van der Waals surface area (Å²) in [6.07, 6.45) is 5.03. The van der Waals surface area contributed by atoms with E-state index >= 15 is 0 Å². The Hall–Kier alpha value is -4.59. The Morgan fingerprint density at radius 2 is 1.83 bits per heavy atom. The highest BCUT2D eigenvalue weighted by Crippen LogP contribution is 2.60. The normalized spacial score (nSPS) is 20.8. The number of nitrogens with one attached hydrogen (secondary N) is 1. The smallest absolute Gasteiger partial charge is 0.311 e. The molecule has 1 aliphatic heterocycles. The molecule has 1 saturated heterocycles. The molecule has 3 atom stereocenters. The van der Waals surface area contributed by atoms with Gasteiger partial charge in [-0.15, -0.1) is 0 Å². The number of pyridine rings is 2. The molecule has 1 saturated carbocycles. The SMILES string of the molecule is CC(=O)c1nn(CC(=O)N2[C@H](C(=O)Nc3nc(Br)ccc3C)C[C@@]3(C(=O)O)C[C@@H]23)c2cnc(-c3cnc(C)nc3)cc12. The van der Waals surface area contributed by atoms with Crippen LogP contribution in [0.25, 0.3) is 22.2 Å². The number of likely N-dealkylation sites (tertiary alicyclic amines) is 1. The third-order valence-corrected chi connectivity index (χ3v) is 8.36. The maximum atomic E-state index is 13.8. The number of carbonyl (C=O) groups excluding carboxylic acids is 3. The fourth-order valence-electron chi connectivity index (χ4n) is 5.59. The van der Waals surface area contributed by atoms with E-state index in [1.807, 2.05) is 0 Å². The van der Waals surface area contributed by atoms with Crippen LogP contribution in [-0.2, 0) is 20.9 Å². The molecule has 0 unspecified atom stereocenters. The topological polar surface area (TPSA) is 173 Å². The molecule has 2 N–H and O–H groups in total. The molecule has 4 aromatic rings. The largest absolute Gasteiger partial charge is 0.481 e. The van der Waals surface area contributed by atoms with Crippen molar-refractivity contribution < 1.29 is 24.3 Å². The molecule has 2 fully saturated rings. The Kier molecular flexibility index (Phi) is 6.60. The summed E-state index contributed by atoms with van der Waals surface area (Å²) in [5.41, 5.74) is 1.33. The quantitative estimate of drug-likeness (QED) is 0.228. The van der Waals surface area contributed by atoms with Crippen molar-refractivity contribution in [1.29, 1.82) is 0 Å². The van der Waals surface area contributed by atoms with Crippen LogP contribution in [0.1, 0.15) is 41.6 Å². The van der Waals surface area contributed by atoms with Crippen LogP contribution in [0.4, 0.5) is 5.82 Å². The minimum Gasteiger partial charge on any atom is -0.481 e. The molecule has 5 heterocycles. The van der Waals surface area contributed by atoms with Crippen molar-refractivity contribution in [2.75, 3.05) is 5.32 Å². The lowest BCUT2D eigenvalue weighted by Crippen LogP contribution is -2.47. The van der Waals surface area contributed by atoms with E-state index in [-0.39, 0.29) is 30.9 Å². The zero-order valence-corrected chi connectivity index (χ0v) is 24.4. The van der Waals surface area contributed by atoms with Crippen LogP contribution in [0, 0.1) is 19.3 Å². The highest BCUT2D eigenvalue weighted by Gasteiger charge is 2.71. The van der Waals surface area contributed by atoms with Crippen molar-refractivity contribution >= 4 is 56.2 Å². The van der Waals surface area contributed by atoms with E-state index in [4.69, 9.17) is 0 Å². The molecule has 13 nitrogen and oxygen atoms in total. The number of hydrogen-bond donors (Lipinski definition) is 2. The molecule has 2 amide bonds. The number of aliphatic carboxylic acids is 1. The Balaban J connectivity index is 1.32. The maximum absolute atomic E-state index is 13.8.